The van der Waals surface area contributed by atoms with Crippen LogP contribution in [-0.2, 0) is 19.1 Å². The van der Waals surface area contributed by atoms with Crippen molar-refractivity contribution in [1.29, 1.82) is 0 Å². The fourth-order valence-electron chi connectivity index (χ4n) is 5.65. The first-order valence-electron chi connectivity index (χ1n) is 8.88. The summed E-state index contributed by atoms with van der Waals surface area (Å²) in [5.74, 6) is -3.33. The van der Waals surface area contributed by atoms with Gasteiger partial charge in [-0.25, -0.2) is 0 Å². The summed E-state index contributed by atoms with van der Waals surface area (Å²) >= 11 is 0. The zero-order valence-electron chi connectivity index (χ0n) is 14.4. The molecule has 0 aliphatic carbocycles. The number of amides is 1. The van der Waals surface area contributed by atoms with Gasteiger partial charge in [0, 0.05) is 11.8 Å². The number of hydrogen-bond donors (Lipinski definition) is 1. The number of Topliss-reactive ketones (excluding diaryl/α,β-unsaturated/α-hetero) is 1. The third-order valence-electron chi connectivity index (χ3n) is 6.63. The lowest BCUT2D eigenvalue weighted by atomic mass is 9.69. The topological polar surface area (TPSA) is 97.1 Å². The van der Waals surface area contributed by atoms with Crippen LogP contribution in [0.5, 0.6) is 0 Å². The van der Waals surface area contributed by atoms with Gasteiger partial charge in [0.25, 0.3) is 0 Å². The smallest absolute Gasteiger partial charge is 0.310 e. The van der Waals surface area contributed by atoms with Crippen molar-refractivity contribution >= 4 is 17.7 Å². The normalized spacial score (nSPS) is 45.9. The van der Waals surface area contributed by atoms with E-state index in [1.807, 2.05) is 6.08 Å². The van der Waals surface area contributed by atoms with E-state index in [1.54, 1.807) is 37.0 Å². The molecule has 3 saturated heterocycles. The van der Waals surface area contributed by atoms with Gasteiger partial charge < -0.3 is 19.2 Å². The molecular formula is C19H19NO6. The SMILES string of the molecule is C[C@@H]1C(=O)[C@H](C)[C@@H]2N(C(=O)[C@@H]3[C@@H](C(=O)O)[C@H]4C=C[C@]32O4)[C@H]1c1ccco1. The number of nitrogens with zero attached hydrogens (tertiary/aromatic N) is 1. The van der Waals surface area contributed by atoms with Crippen LogP contribution in [0.15, 0.2) is 35.0 Å². The largest absolute Gasteiger partial charge is 0.481 e. The fourth-order valence-corrected chi connectivity index (χ4v) is 5.65. The van der Waals surface area contributed by atoms with E-state index >= 15 is 0 Å². The molecule has 1 N–H and O–H groups in total. The predicted molar refractivity (Wildman–Crippen MR) is 86.8 cm³/mol. The van der Waals surface area contributed by atoms with Crippen molar-refractivity contribution in [2.45, 2.75) is 37.6 Å². The van der Waals surface area contributed by atoms with Crippen molar-refractivity contribution in [3.05, 3.63) is 36.3 Å². The van der Waals surface area contributed by atoms with Crippen molar-refractivity contribution in [2.75, 3.05) is 0 Å². The Kier molecular flexibility index (Phi) is 2.95. The van der Waals surface area contributed by atoms with Gasteiger partial charge in [0.1, 0.15) is 23.1 Å². The van der Waals surface area contributed by atoms with E-state index in [1.165, 1.54) is 6.26 Å². The molecule has 1 aromatic heterocycles. The number of aliphatic carboxylic acids is 1. The third kappa shape index (κ3) is 1.60. The van der Waals surface area contributed by atoms with E-state index in [0.717, 1.165) is 0 Å². The second kappa shape index (κ2) is 4.85. The molecule has 0 saturated carbocycles. The molecule has 7 heteroatoms. The van der Waals surface area contributed by atoms with Gasteiger partial charge >= 0.3 is 5.97 Å². The molecule has 8 atom stereocenters. The number of carboxylic acids is 1. The zero-order chi connectivity index (χ0) is 18.4. The van der Waals surface area contributed by atoms with Gasteiger partial charge in [0.05, 0.1) is 30.4 Å². The van der Waals surface area contributed by atoms with E-state index in [0.29, 0.717) is 5.76 Å². The van der Waals surface area contributed by atoms with Gasteiger partial charge in [-0.15, -0.1) is 0 Å². The summed E-state index contributed by atoms with van der Waals surface area (Å²) in [5, 5.41) is 9.68. The number of hydrogen-bond acceptors (Lipinski definition) is 5. The van der Waals surface area contributed by atoms with Crippen LogP contribution in [0.1, 0.15) is 25.6 Å². The van der Waals surface area contributed by atoms with E-state index in [-0.39, 0.29) is 11.7 Å². The molecular weight excluding hydrogens is 338 g/mol. The lowest BCUT2D eigenvalue weighted by Crippen LogP contribution is -2.58. The Morgan fingerprint density at radius 1 is 1.27 bits per heavy atom. The van der Waals surface area contributed by atoms with E-state index in [2.05, 4.69) is 0 Å². The van der Waals surface area contributed by atoms with Crippen LogP contribution in [0.2, 0.25) is 0 Å². The molecule has 3 fully saturated rings. The molecule has 0 aromatic carbocycles. The molecule has 26 heavy (non-hydrogen) atoms. The molecule has 4 aliphatic rings. The molecule has 1 aromatic rings. The number of carbonyl (C=O) groups is 3. The molecule has 1 amide bonds. The van der Waals surface area contributed by atoms with Crippen molar-refractivity contribution in [3.63, 3.8) is 0 Å². The van der Waals surface area contributed by atoms with Gasteiger partial charge in [-0.3, -0.25) is 14.4 Å². The van der Waals surface area contributed by atoms with Crippen LogP contribution >= 0.6 is 0 Å². The molecule has 0 radical (unpaired) electrons. The molecule has 136 valence electrons. The standard InChI is InChI=1S/C19H19NO6/c1-8-14(11-4-3-7-25-11)20-16(9(2)15(8)21)19-6-5-10(26-19)12(18(23)24)13(19)17(20)22/h3-10,12-14,16H,1-2H3,(H,23,24)/t8-,9-,10+,12-,13-,14+,16-,19-/m0/s1. The van der Waals surface area contributed by atoms with E-state index in [9.17, 15) is 19.5 Å². The van der Waals surface area contributed by atoms with Crippen molar-refractivity contribution in [2.24, 2.45) is 23.7 Å². The molecule has 4 aliphatic heterocycles. The second-order valence-electron chi connectivity index (χ2n) is 7.77. The number of piperidine rings is 1. The molecule has 7 nitrogen and oxygen atoms in total. The Labute approximate surface area is 149 Å². The van der Waals surface area contributed by atoms with Gasteiger partial charge in [-0.1, -0.05) is 26.0 Å². The number of fused-ring (bicyclic) bond motifs is 2. The van der Waals surface area contributed by atoms with Gasteiger partial charge in [0.2, 0.25) is 5.91 Å². The molecule has 5 heterocycles. The number of furan rings is 1. The highest BCUT2D eigenvalue weighted by molar-refractivity contribution is 5.96. The first-order chi connectivity index (χ1) is 12.4. The van der Waals surface area contributed by atoms with Crippen molar-refractivity contribution in [3.8, 4) is 0 Å². The van der Waals surface area contributed by atoms with E-state index < -0.39 is 53.4 Å². The Morgan fingerprint density at radius 3 is 2.69 bits per heavy atom. The van der Waals surface area contributed by atoms with Gasteiger partial charge in [0.15, 0.2) is 0 Å². The van der Waals surface area contributed by atoms with Gasteiger partial charge in [-0.05, 0) is 12.1 Å². The maximum Gasteiger partial charge on any atom is 0.310 e. The predicted octanol–water partition coefficient (Wildman–Crippen LogP) is 1.41. The van der Waals surface area contributed by atoms with Crippen molar-refractivity contribution in [1.82, 2.24) is 4.90 Å². The summed E-state index contributed by atoms with van der Waals surface area (Å²) in [6.45, 7) is 3.60. The summed E-state index contributed by atoms with van der Waals surface area (Å²) < 4.78 is 11.6. The molecule has 5 rings (SSSR count). The average Bonchev–Trinajstić information content (AvgIpc) is 3.35. The molecule has 0 unspecified atom stereocenters. The minimum absolute atomic E-state index is 0.0368. The lowest BCUT2D eigenvalue weighted by molar-refractivity contribution is -0.156. The monoisotopic (exact) mass is 357 g/mol. The highest BCUT2D eigenvalue weighted by Gasteiger charge is 2.75. The maximum atomic E-state index is 13.4. The summed E-state index contributed by atoms with van der Waals surface area (Å²) in [6, 6.07) is 2.41. The van der Waals surface area contributed by atoms with Crippen LogP contribution in [0.4, 0.5) is 0 Å². The number of rotatable bonds is 2. The number of carboxylic acid groups (broad SMARTS) is 1. The maximum absolute atomic E-state index is 13.4. The summed E-state index contributed by atoms with van der Waals surface area (Å²) in [6.07, 6.45) is 4.43. The van der Waals surface area contributed by atoms with Crippen LogP contribution in [0, 0.1) is 23.7 Å². The minimum atomic E-state index is -1.05. The van der Waals surface area contributed by atoms with Crippen molar-refractivity contribution < 1.29 is 28.6 Å². The summed E-state index contributed by atoms with van der Waals surface area (Å²) in [7, 11) is 0. The van der Waals surface area contributed by atoms with E-state index in [4.69, 9.17) is 9.15 Å². The lowest BCUT2D eigenvalue weighted by Gasteiger charge is -2.46. The van der Waals surface area contributed by atoms with Crippen LogP contribution < -0.4 is 0 Å². The fraction of sp³-hybridized carbons (Fsp3) is 0.526. The third-order valence-corrected chi connectivity index (χ3v) is 6.63. The Hall–Kier alpha value is -2.41. The highest BCUT2D eigenvalue weighted by atomic mass is 16.5. The first kappa shape index (κ1) is 15.8. The Bertz CT molecular complexity index is 844. The summed E-state index contributed by atoms with van der Waals surface area (Å²) in [4.78, 5) is 39.9. The first-order valence-corrected chi connectivity index (χ1v) is 8.88. The number of ether oxygens (including phenoxy) is 1. The Morgan fingerprint density at radius 2 is 2.04 bits per heavy atom. The zero-order valence-corrected chi connectivity index (χ0v) is 14.4. The van der Waals surface area contributed by atoms with Crippen LogP contribution in [0.3, 0.4) is 0 Å². The molecule has 2 bridgehead atoms. The minimum Gasteiger partial charge on any atom is -0.481 e. The van der Waals surface area contributed by atoms with Gasteiger partial charge in [-0.2, -0.15) is 0 Å². The molecule has 1 spiro atoms. The Balaban J connectivity index is 1.69. The number of ketones is 1. The quantitative estimate of drug-likeness (QED) is 0.804. The second-order valence-corrected chi connectivity index (χ2v) is 7.77. The summed E-state index contributed by atoms with van der Waals surface area (Å²) in [5.41, 5.74) is -1.05. The van der Waals surface area contributed by atoms with Crippen LogP contribution in [0.25, 0.3) is 0 Å². The average molecular weight is 357 g/mol. The number of carbonyl (C=O) groups excluding carboxylic acids is 2. The highest BCUT2D eigenvalue weighted by Crippen LogP contribution is 2.60. The van der Waals surface area contributed by atoms with Crippen LogP contribution in [-0.4, -0.2) is 45.4 Å².